The lowest BCUT2D eigenvalue weighted by atomic mass is 9.50. The van der Waals surface area contributed by atoms with Crippen LogP contribution in [0.1, 0.15) is 31.2 Å². The second-order valence-corrected chi connectivity index (χ2v) is 6.80. The Balaban J connectivity index is 1.36. The molecular weight excluding hydrogens is 288 g/mol. The van der Waals surface area contributed by atoms with Gasteiger partial charge in [-0.1, -0.05) is 23.7 Å². The van der Waals surface area contributed by atoms with Crippen LogP contribution in [0.4, 0.5) is 4.79 Å². The number of nitrogens with one attached hydrogen (secondary N) is 2. The molecule has 0 unspecified atom stereocenters. The van der Waals surface area contributed by atoms with Crippen molar-refractivity contribution in [2.75, 3.05) is 0 Å². The highest BCUT2D eigenvalue weighted by Gasteiger charge is 2.52. The van der Waals surface area contributed by atoms with Gasteiger partial charge in [0.25, 0.3) is 0 Å². The minimum absolute atomic E-state index is 0.129. The molecule has 0 atom stereocenters. The fraction of sp³-hybridized carbons (Fsp3) is 0.500. The van der Waals surface area contributed by atoms with Crippen LogP contribution in [0.2, 0.25) is 5.02 Å². The monoisotopic (exact) mass is 306 g/mol. The molecule has 2 N–H and O–H groups in total. The molecule has 4 nitrogen and oxygen atoms in total. The van der Waals surface area contributed by atoms with Crippen LogP contribution in [0.15, 0.2) is 24.3 Å². The van der Waals surface area contributed by atoms with Crippen LogP contribution >= 0.6 is 11.6 Å². The van der Waals surface area contributed by atoms with E-state index in [0.717, 1.165) is 37.5 Å². The molecule has 5 heteroatoms. The molecule has 2 fully saturated rings. The number of halogens is 1. The van der Waals surface area contributed by atoms with Gasteiger partial charge in [0.15, 0.2) is 0 Å². The second-order valence-electron chi connectivity index (χ2n) is 6.36. The SMILES string of the molecule is O=CC1CC2(C1)CC(NC(=O)NCc1ccc(Cl)cc1)C2. The van der Waals surface area contributed by atoms with Gasteiger partial charge in [-0.2, -0.15) is 0 Å². The highest BCUT2D eigenvalue weighted by molar-refractivity contribution is 6.30. The minimum Gasteiger partial charge on any atom is -0.335 e. The maximum Gasteiger partial charge on any atom is 0.315 e. The van der Waals surface area contributed by atoms with Gasteiger partial charge in [0.05, 0.1) is 0 Å². The van der Waals surface area contributed by atoms with E-state index < -0.39 is 0 Å². The lowest BCUT2D eigenvalue weighted by Gasteiger charge is -2.56. The van der Waals surface area contributed by atoms with Gasteiger partial charge in [-0.15, -0.1) is 0 Å². The molecule has 1 aromatic rings. The van der Waals surface area contributed by atoms with E-state index in [1.54, 1.807) is 0 Å². The molecule has 0 radical (unpaired) electrons. The quantitative estimate of drug-likeness (QED) is 0.840. The molecule has 3 rings (SSSR count). The molecule has 0 bridgehead atoms. The zero-order valence-electron chi connectivity index (χ0n) is 11.8. The van der Waals surface area contributed by atoms with Gasteiger partial charge >= 0.3 is 6.03 Å². The summed E-state index contributed by atoms with van der Waals surface area (Å²) in [4.78, 5) is 22.4. The van der Waals surface area contributed by atoms with Crippen molar-refractivity contribution in [1.82, 2.24) is 10.6 Å². The Morgan fingerprint density at radius 1 is 1.24 bits per heavy atom. The first-order valence-electron chi connectivity index (χ1n) is 7.33. The van der Waals surface area contributed by atoms with Gasteiger partial charge in [-0.25, -0.2) is 4.79 Å². The Hall–Kier alpha value is -1.55. The Labute approximate surface area is 129 Å². The van der Waals surface area contributed by atoms with Gasteiger partial charge in [0, 0.05) is 23.5 Å². The molecular formula is C16H19ClN2O2. The predicted molar refractivity (Wildman–Crippen MR) is 81.1 cm³/mol. The predicted octanol–water partition coefficient (Wildman–Crippen LogP) is 2.90. The maximum absolute atomic E-state index is 11.8. The van der Waals surface area contributed by atoms with E-state index in [1.807, 2.05) is 24.3 Å². The first-order chi connectivity index (χ1) is 10.1. The molecule has 2 aliphatic rings. The average molecular weight is 307 g/mol. The number of hydrogen-bond acceptors (Lipinski definition) is 2. The van der Waals surface area contributed by atoms with Gasteiger partial charge in [-0.3, -0.25) is 0 Å². The van der Waals surface area contributed by atoms with Crippen molar-refractivity contribution in [3.8, 4) is 0 Å². The summed E-state index contributed by atoms with van der Waals surface area (Å²) in [5, 5.41) is 6.53. The van der Waals surface area contributed by atoms with Crippen molar-refractivity contribution in [2.45, 2.75) is 38.3 Å². The summed E-state index contributed by atoms with van der Waals surface area (Å²) in [5.74, 6) is 0.254. The molecule has 0 heterocycles. The summed E-state index contributed by atoms with van der Waals surface area (Å²) in [6.07, 6.45) is 5.07. The zero-order chi connectivity index (χ0) is 14.9. The number of carbonyl (C=O) groups is 2. The first-order valence-corrected chi connectivity index (χ1v) is 7.70. The van der Waals surface area contributed by atoms with Crippen molar-refractivity contribution >= 4 is 23.9 Å². The number of amides is 2. The average Bonchev–Trinajstić information content (AvgIpc) is 2.39. The zero-order valence-corrected chi connectivity index (χ0v) is 12.5. The minimum atomic E-state index is -0.129. The first kappa shape index (κ1) is 14.4. The van der Waals surface area contributed by atoms with Crippen molar-refractivity contribution in [1.29, 1.82) is 0 Å². The highest BCUT2D eigenvalue weighted by Crippen LogP contribution is 2.58. The summed E-state index contributed by atoms with van der Waals surface area (Å²) < 4.78 is 0. The van der Waals surface area contributed by atoms with Crippen molar-refractivity contribution < 1.29 is 9.59 Å². The molecule has 1 spiro atoms. The van der Waals surface area contributed by atoms with E-state index in [1.165, 1.54) is 0 Å². The molecule has 1 aromatic carbocycles. The van der Waals surface area contributed by atoms with Crippen molar-refractivity contribution in [3.63, 3.8) is 0 Å². The van der Waals surface area contributed by atoms with Gasteiger partial charge in [-0.05, 0) is 48.8 Å². The summed E-state index contributed by atoms with van der Waals surface area (Å²) >= 11 is 5.81. The standard InChI is InChI=1S/C16H19ClN2O2/c17-13-3-1-11(2-4-13)9-18-15(21)19-14-7-16(8-14)5-12(6-16)10-20/h1-4,10,12,14H,5-9H2,(H2,18,19,21). The summed E-state index contributed by atoms with van der Waals surface area (Å²) in [6, 6.07) is 7.54. The largest absolute Gasteiger partial charge is 0.335 e. The van der Waals surface area contributed by atoms with E-state index in [0.29, 0.717) is 17.0 Å². The lowest BCUT2D eigenvalue weighted by Crippen LogP contribution is -2.57. The Bertz CT molecular complexity index is 530. The van der Waals surface area contributed by atoms with Gasteiger partial charge in [0.1, 0.15) is 6.29 Å². The van der Waals surface area contributed by atoms with Crippen LogP contribution in [-0.2, 0) is 11.3 Å². The number of carbonyl (C=O) groups excluding carboxylic acids is 2. The molecule has 0 aliphatic heterocycles. The summed E-state index contributed by atoms with van der Waals surface area (Å²) in [7, 11) is 0. The van der Waals surface area contributed by atoms with Crippen molar-refractivity contribution in [2.24, 2.45) is 11.3 Å². The van der Waals surface area contributed by atoms with E-state index in [2.05, 4.69) is 10.6 Å². The molecule has 21 heavy (non-hydrogen) atoms. The maximum atomic E-state index is 11.8. The van der Waals surface area contributed by atoms with Crippen LogP contribution in [-0.4, -0.2) is 18.4 Å². The molecule has 2 saturated carbocycles. The summed E-state index contributed by atoms with van der Waals surface area (Å²) in [6.45, 7) is 0.494. The number of urea groups is 1. The molecule has 112 valence electrons. The number of hydrogen-bond donors (Lipinski definition) is 2. The van der Waals surface area contributed by atoms with E-state index in [-0.39, 0.29) is 18.0 Å². The third-order valence-corrected chi connectivity index (χ3v) is 4.90. The van der Waals surface area contributed by atoms with E-state index in [9.17, 15) is 9.59 Å². The Kier molecular flexibility index (Phi) is 3.89. The molecule has 2 amide bonds. The lowest BCUT2D eigenvalue weighted by molar-refractivity contribution is -0.123. The topological polar surface area (TPSA) is 58.2 Å². The number of aldehydes is 1. The van der Waals surface area contributed by atoms with Gasteiger partial charge in [0.2, 0.25) is 0 Å². The van der Waals surface area contributed by atoms with Gasteiger partial charge < -0.3 is 15.4 Å². The van der Waals surface area contributed by atoms with Crippen LogP contribution in [0.25, 0.3) is 0 Å². The molecule has 2 aliphatic carbocycles. The number of rotatable bonds is 4. The van der Waals surface area contributed by atoms with Crippen LogP contribution < -0.4 is 10.6 Å². The fourth-order valence-corrected chi connectivity index (χ4v) is 3.72. The third-order valence-electron chi connectivity index (χ3n) is 4.64. The summed E-state index contributed by atoms with van der Waals surface area (Å²) in [5.41, 5.74) is 1.37. The second kappa shape index (κ2) is 5.68. The Morgan fingerprint density at radius 3 is 2.52 bits per heavy atom. The smallest absolute Gasteiger partial charge is 0.315 e. The number of benzene rings is 1. The fourth-order valence-electron chi connectivity index (χ4n) is 3.59. The van der Waals surface area contributed by atoms with Crippen LogP contribution in [0.5, 0.6) is 0 Å². The Morgan fingerprint density at radius 2 is 1.90 bits per heavy atom. The molecule has 0 saturated heterocycles. The third kappa shape index (κ3) is 3.21. The van der Waals surface area contributed by atoms with E-state index >= 15 is 0 Å². The van der Waals surface area contributed by atoms with Crippen LogP contribution in [0.3, 0.4) is 0 Å². The van der Waals surface area contributed by atoms with Crippen molar-refractivity contribution in [3.05, 3.63) is 34.9 Å². The normalized spacial score (nSPS) is 30.1. The van der Waals surface area contributed by atoms with E-state index in [4.69, 9.17) is 11.6 Å². The van der Waals surface area contributed by atoms with Crippen LogP contribution in [0, 0.1) is 11.3 Å². The highest BCUT2D eigenvalue weighted by atomic mass is 35.5. The molecule has 0 aromatic heterocycles.